The summed E-state index contributed by atoms with van der Waals surface area (Å²) in [7, 11) is 0. The first-order chi connectivity index (χ1) is 8.90. The molecule has 2 aromatic rings. The summed E-state index contributed by atoms with van der Waals surface area (Å²) in [5.74, 6) is 0. The molecule has 0 N–H and O–H groups in total. The van der Waals surface area contributed by atoms with E-state index in [1.165, 1.54) is 21.9 Å². The van der Waals surface area contributed by atoms with Crippen molar-refractivity contribution in [2.24, 2.45) is 0 Å². The second-order valence-electron chi connectivity index (χ2n) is 5.24. The highest BCUT2D eigenvalue weighted by Crippen LogP contribution is 2.29. The molecule has 92 valence electrons. The van der Waals surface area contributed by atoms with Crippen LogP contribution in [0.25, 0.3) is 10.8 Å². The first kappa shape index (κ1) is 10.5. The van der Waals surface area contributed by atoms with Gasteiger partial charge in [-0.25, -0.2) is 0 Å². The molecule has 0 bridgehead atoms. The van der Waals surface area contributed by atoms with Crippen LogP contribution in [0.1, 0.15) is 11.1 Å². The van der Waals surface area contributed by atoms with Gasteiger partial charge in [0.25, 0.3) is 0 Å². The SMILES string of the molecule is c1ccc2c(CC3CO3)c(CC3CO3)ccc2c1. The summed E-state index contributed by atoms with van der Waals surface area (Å²) in [4.78, 5) is 0. The third-order valence-corrected chi connectivity index (χ3v) is 3.82. The van der Waals surface area contributed by atoms with Gasteiger partial charge >= 0.3 is 0 Å². The molecule has 0 radical (unpaired) electrons. The fraction of sp³-hybridized carbons (Fsp3) is 0.375. The fourth-order valence-electron chi connectivity index (χ4n) is 2.66. The summed E-state index contributed by atoms with van der Waals surface area (Å²) in [5.41, 5.74) is 2.90. The van der Waals surface area contributed by atoms with Crippen LogP contribution in [0.2, 0.25) is 0 Å². The van der Waals surface area contributed by atoms with Crippen molar-refractivity contribution < 1.29 is 9.47 Å². The summed E-state index contributed by atoms with van der Waals surface area (Å²) < 4.78 is 10.8. The molecule has 2 nitrogen and oxygen atoms in total. The highest BCUT2D eigenvalue weighted by molar-refractivity contribution is 5.87. The number of epoxide rings is 2. The van der Waals surface area contributed by atoms with E-state index in [0.717, 1.165) is 26.1 Å². The zero-order valence-electron chi connectivity index (χ0n) is 10.3. The van der Waals surface area contributed by atoms with Gasteiger partial charge in [-0.2, -0.15) is 0 Å². The first-order valence-electron chi connectivity index (χ1n) is 6.63. The van der Waals surface area contributed by atoms with E-state index in [4.69, 9.17) is 9.47 Å². The van der Waals surface area contributed by atoms with Crippen LogP contribution in [0, 0.1) is 0 Å². The number of ether oxygens (including phenoxy) is 2. The summed E-state index contributed by atoms with van der Waals surface area (Å²) in [6.07, 6.45) is 2.98. The minimum Gasteiger partial charge on any atom is -0.373 e. The predicted molar refractivity (Wildman–Crippen MR) is 70.8 cm³/mol. The van der Waals surface area contributed by atoms with E-state index in [-0.39, 0.29) is 0 Å². The van der Waals surface area contributed by atoms with E-state index < -0.39 is 0 Å². The van der Waals surface area contributed by atoms with E-state index >= 15 is 0 Å². The Hall–Kier alpha value is -1.38. The van der Waals surface area contributed by atoms with Gasteiger partial charge in [0, 0.05) is 12.8 Å². The van der Waals surface area contributed by atoms with Gasteiger partial charge < -0.3 is 9.47 Å². The van der Waals surface area contributed by atoms with Gasteiger partial charge in [0.15, 0.2) is 0 Å². The highest BCUT2D eigenvalue weighted by Gasteiger charge is 2.28. The lowest BCUT2D eigenvalue weighted by atomic mass is 9.93. The maximum absolute atomic E-state index is 5.41. The fourth-order valence-corrected chi connectivity index (χ4v) is 2.66. The van der Waals surface area contributed by atoms with Crippen molar-refractivity contribution in [3.8, 4) is 0 Å². The quantitative estimate of drug-likeness (QED) is 0.768. The second-order valence-corrected chi connectivity index (χ2v) is 5.24. The molecule has 2 aliphatic heterocycles. The predicted octanol–water partition coefficient (Wildman–Crippen LogP) is 2.72. The molecule has 4 rings (SSSR count). The Balaban J connectivity index is 1.81. The Morgan fingerprint density at radius 2 is 1.61 bits per heavy atom. The van der Waals surface area contributed by atoms with Crippen molar-refractivity contribution >= 4 is 10.8 Å². The van der Waals surface area contributed by atoms with Crippen molar-refractivity contribution in [2.45, 2.75) is 25.0 Å². The van der Waals surface area contributed by atoms with Crippen LogP contribution < -0.4 is 0 Å². The number of rotatable bonds is 4. The Bertz CT molecular complexity index is 583. The van der Waals surface area contributed by atoms with Crippen LogP contribution >= 0.6 is 0 Å². The lowest BCUT2D eigenvalue weighted by molar-refractivity contribution is 0.402. The number of benzene rings is 2. The average Bonchev–Trinajstić information content (AvgIpc) is 3.27. The van der Waals surface area contributed by atoms with Crippen molar-refractivity contribution in [3.63, 3.8) is 0 Å². The van der Waals surface area contributed by atoms with Crippen LogP contribution in [-0.4, -0.2) is 25.4 Å². The lowest BCUT2D eigenvalue weighted by Crippen LogP contribution is -2.03. The third kappa shape index (κ3) is 2.02. The van der Waals surface area contributed by atoms with Crippen molar-refractivity contribution in [3.05, 3.63) is 47.5 Å². The molecule has 0 spiro atoms. The monoisotopic (exact) mass is 240 g/mol. The van der Waals surface area contributed by atoms with Crippen LogP contribution in [0.4, 0.5) is 0 Å². The molecule has 0 aromatic heterocycles. The molecular formula is C16H16O2. The van der Waals surface area contributed by atoms with Gasteiger partial charge in [-0.3, -0.25) is 0 Å². The Labute approximate surface area is 107 Å². The molecule has 2 heteroatoms. The Morgan fingerprint density at radius 3 is 2.39 bits per heavy atom. The molecule has 2 aliphatic rings. The van der Waals surface area contributed by atoms with Crippen molar-refractivity contribution in [2.75, 3.05) is 13.2 Å². The zero-order chi connectivity index (χ0) is 11.9. The van der Waals surface area contributed by atoms with Gasteiger partial charge in [-0.1, -0.05) is 36.4 Å². The highest BCUT2D eigenvalue weighted by atomic mass is 16.6. The summed E-state index contributed by atoms with van der Waals surface area (Å²) in [5, 5.41) is 2.71. The molecule has 2 unspecified atom stereocenters. The van der Waals surface area contributed by atoms with E-state index in [1.807, 2.05) is 0 Å². The summed E-state index contributed by atoms with van der Waals surface area (Å²) >= 11 is 0. The standard InChI is InChI=1S/C16H16O2/c1-2-4-15-11(3-1)5-6-12(7-13-9-17-13)16(15)8-14-10-18-14/h1-6,13-14H,7-10H2. The van der Waals surface area contributed by atoms with E-state index in [9.17, 15) is 0 Å². The van der Waals surface area contributed by atoms with Gasteiger partial charge in [0.2, 0.25) is 0 Å². The maximum atomic E-state index is 5.41. The normalized spacial score (nSPS) is 25.3. The van der Waals surface area contributed by atoms with Crippen LogP contribution in [0.5, 0.6) is 0 Å². The lowest BCUT2D eigenvalue weighted by Gasteiger charge is -2.11. The van der Waals surface area contributed by atoms with E-state index in [2.05, 4.69) is 36.4 Å². The molecule has 0 aliphatic carbocycles. The Kier molecular flexibility index (Phi) is 2.39. The first-order valence-corrected chi connectivity index (χ1v) is 6.63. The number of fused-ring (bicyclic) bond motifs is 1. The maximum Gasteiger partial charge on any atom is 0.0850 e. The van der Waals surface area contributed by atoms with Crippen LogP contribution in [0.3, 0.4) is 0 Å². The average molecular weight is 240 g/mol. The molecule has 2 heterocycles. The molecule has 18 heavy (non-hydrogen) atoms. The van der Waals surface area contributed by atoms with Crippen LogP contribution in [-0.2, 0) is 22.3 Å². The number of hydrogen-bond acceptors (Lipinski definition) is 2. The largest absolute Gasteiger partial charge is 0.373 e. The van der Waals surface area contributed by atoms with Crippen molar-refractivity contribution in [1.82, 2.24) is 0 Å². The van der Waals surface area contributed by atoms with Gasteiger partial charge in [-0.15, -0.1) is 0 Å². The molecule has 2 aromatic carbocycles. The summed E-state index contributed by atoms with van der Waals surface area (Å²) in [6, 6.07) is 13.1. The van der Waals surface area contributed by atoms with Crippen LogP contribution in [0.15, 0.2) is 36.4 Å². The van der Waals surface area contributed by atoms with Gasteiger partial charge in [-0.05, 0) is 21.9 Å². The zero-order valence-corrected chi connectivity index (χ0v) is 10.3. The van der Waals surface area contributed by atoms with Crippen molar-refractivity contribution in [1.29, 1.82) is 0 Å². The smallest absolute Gasteiger partial charge is 0.0850 e. The van der Waals surface area contributed by atoms with Gasteiger partial charge in [0.1, 0.15) is 0 Å². The molecule has 2 saturated heterocycles. The molecular weight excluding hydrogens is 224 g/mol. The van der Waals surface area contributed by atoms with E-state index in [1.54, 1.807) is 0 Å². The molecule has 0 saturated carbocycles. The van der Waals surface area contributed by atoms with Gasteiger partial charge in [0.05, 0.1) is 25.4 Å². The minimum absolute atomic E-state index is 0.440. The number of hydrogen-bond donors (Lipinski definition) is 0. The summed E-state index contributed by atoms with van der Waals surface area (Å²) in [6.45, 7) is 1.84. The second kappa shape index (κ2) is 4.08. The minimum atomic E-state index is 0.440. The topological polar surface area (TPSA) is 25.1 Å². The third-order valence-electron chi connectivity index (χ3n) is 3.82. The Morgan fingerprint density at radius 1 is 0.889 bits per heavy atom. The molecule has 0 amide bonds. The molecule has 2 atom stereocenters. The molecule has 2 fully saturated rings. The van der Waals surface area contributed by atoms with E-state index in [0.29, 0.717) is 12.2 Å².